The molecule has 0 aromatic rings. The normalized spacial score (nSPS) is 38.7. The first kappa shape index (κ1) is 15.7. The molecule has 4 unspecified atom stereocenters. The average Bonchev–Trinajstić information content (AvgIpc) is 2.97. The molecule has 0 aromatic carbocycles. The maximum atomic E-state index is 6.11. The molecular formula is C17H31NO3. The van der Waals surface area contributed by atoms with Gasteiger partial charge in [0, 0.05) is 32.3 Å². The quantitative estimate of drug-likeness (QED) is 0.846. The molecule has 0 saturated carbocycles. The highest BCUT2D eigenvalue weighted by Gasteiger charge is 2.44. The first-order chi connectivity index (χ1) is 10.3. The molecule has 3 aliphatic heterocycles. The van der Waals surface area contributed by atoms with Gasteiger partial charge in [-0.15, -0.1) is 0 Å². The van der Waals surface area contributed by atoms with Crippen LogP contribution in [0, 0.1) is 11.8 Å². The van der Waals surface area contributed by atoms with E-state index < -0.39 is 0 Å². The van der Waals surface area contributed by atoms with Crippen LogP contribution in [0.2, 0.25) is 0 Å². The fourth-order valence-electron chi connectivity index (χ4n) is 4.31. The summed E-state index contributed by atoms with van der Waals surface area (Å²) in [4.78, 5) is 0. The Morgan fingerprint density at radius 3 is 2.81 bits per heavy atom. The van der Waals surface area contributed by atoms with Crippen LogP contribution in [0.1, 0.15) is 45.4 Å². The van der Waals surface area contributed by atoms with Crippen molar-refractivity contribution in [3.8, 4) is 0 Å². The fourth-order valence-corrected chi connectivity index (χ4v) is 4.31. The third kappa shape index (κ3) is 3.79. The lowest BCUT2D eigenvalue weighted by Crippen LogP contribution is -2.51. The molecule has 3 saturated heterocycles. The number of hydrogen-bond donors (Lipinski definition) is 1. The van der Waals surface area contributed by atoms with E-state index in [1.807, 2.05) is 0 Å². The molecule has 0 amide bonds. The Kier molecular flexibility index (Phi) is 5.54. The monoisotopic (exact) mass is 297 g/mol. The second-order valence-corrected chi connectivity index (χ2v) is 7.04. The number of nitrogens with one attached hydrogen (secondary N) is 1. The number of rotatable bonds is 5. The molecule has 4 heteroatoms. The van der Waals surface area contributed by atoms with Gasteiger partial charge >= 0.3 is 0 Å². The van der Waals surface area contributed by atoms with Crippen LogP contribution < -0.4 is 5.32 Å². The summed E-state index contributed by atoms with van der Waals surface area (Å²) in [6.07, 6.45) is 7.13. The molecule has 4 nitrogen and oxygen atoms in total. The Balaban J connectivity index is 1.65. The summed E-state index contributed by atoms with van der Waals surface area (Å²) < 4.78 is 17.5. The zero-order chi connectivity index (χ0) is 14.5. The van der Waals surface area contributed by atoms with Gasteiger partial charge in [-0.25, -0.2) is 0 Å². The lowest BCUT2D eigenvalue weighted by molar-refractivity contribution is -0.109. The van der Waals surface area contributed by atoms with Gasteiger partial charge in [0.2, 0.25) is 0 Å². The molecule has 122 valence electrons. The van der Waals surface area contributed by atoms with Crippen LogP contribution in [-0.2, 0) is 14.2 Å². The summed E-state index contributed by atoms with van der Waals surface area (Å²) in [5.41, 5.74) is 0.0184. The summed E-state index contributed by atoms with van der Waals surface area (Å²) in [6, 6.07) is 0.589. The summed E-state index contributed by atoms with van der Waals surface area (Å²) in [7, 11) is 0. The van der Waals surface area contributed by atoms with E-state index >= 15 is 0 Å². The van der Waals surface area contributed by atoms with Gasteiger partial charge in [-0.05, 0) is 50.5 Å². The predicted molar refractivity (Wildman–Crippen MR) is 82.5 cm³/mol. The van der Waals surface area contributed by atoms with Gasteiger partial charge in [-0.3, -0.25) is 0 Å². The van der Waals surface area contributed by atoms with E-state index in [4.69, 9.17) is 14.2 Å². The topological polar surface area (TPSA) is 39.7 Å². The van der Waals surface area contributed by atoms with E-state index in [1.165, 1.54) is 25.7 Å². The van der Waals surface area contributed by atoms with E-state index in [-0.39, 0.29) is 5.60 Å². The molecule has 3 rings (SSSR count). The molecule has 0 radical (unpaired) electrons. The Bertz CT molecular complexity index is 311. The molecule has 0 aromatic heterocycles. The van der Waals surface area contributed by atoms with Crippen molar-refractivity contribution in [1.82, 2.24) is 5.32 Å². The highest BCUT2D eigenvalue weighted by Crippen LogP contribution is 2.39. The van der Waals surface area contributed by atoms with Crippen molar-refractivity contribution in [1.29, 1.82) is 0 Å². The van der Waals surface area contributed by atoms with E-state index in [2.05, 4.69) is 12.2 Å². The van der Waals surface area contributed by atoms with Gasteiger partial charge in [0.1, 0.15) is 0 Å². The van der Waals surface area contributed by atoms with Crippen LogP contribution in [0.4, 0.5) is 0 Å². The van der Waals surface area contributed by atoms with E-state index in [1.54, 1.807) is 0 Å². The number of ether oxygens (including phenoxy) is 3. The zero-order valence-corrected chi connectivity index (χ0v) is 13.4. The third-order valence-corrected chi connectivity index (χ3v) is 5.44. The molecular weight excluding hydrogens is 266 g/mol. The molecule has 1 N–H and O–H groups in total. The van der Waals surface area contributed by atoms with Crippen molar-refractivity contribution in [2.75, 3.05) is 39.6 Å². The van der Waals surface area contributed by atoms with Gasteiger partial charge in [0.25, 0.3) is 0 Å². The smallest absolute Gasteiger partial charge is 0.0939 e. The maximum absolute atomic E-state index is 6.11. The van der Waals surface area contributed by atoms with Gasteiger partial charge in [-0.2, -0.15) is 0 Å². The van der Waals surface area contributed by atoms with Crippen molar-refractivity contribution >= 4 is 0 Å². The summed E-state index contributed by atoms with van der Waals surface area (Å²) in [5.74, 6) is 1.38. The van der Waals surface area contributed by atoms with E-state index in [9.17, 15) is 0 Å². The molecule has 3 aliphatic rings. The molecule has 3 fully saturated rings. The molecule has 21 heavy (non-hydrogen) atoms. The maximum Gasteiger partial charge on any atom is 0.0939 e. The largest absolute Gasteiger partial charge is 0.381 e. The third-order valence-electron chi connectivity index (χ3n) is 5.44. The minimum Gasteiger partial charge on any atom is -0.381 e. The Morgan fingerprint density at radius 1 is 1.14 bits per heavy atom. The SMILES string of the molecule is CCCNC(C1CCCOC1)C1CCOC2(CCOC2)C1. The fraction of sp³-hybridized carbons (Fsp3) is 1.00. The van der Waals surface area contributed by atoms with Crippen molar-refractivity contribution in [2.45, 2.75) is 57.1 Å². The van der Waals surface area contributed by atoms with Crippen molar-refractivity contribution in [3.05, 3.63) is 0 Å². The Labute approximate surface area is 128 Å². The summed E-state index contributed by atoms with van der Waals surface area (Å²) in [5, 5.41) is 3.84. The second-order valence-electron chi connectivity index (χ2n) is 7.04. The Morgan fingerprint density at radius 2 is 2.10 bits per heavy atom. The van der Waals surface area contributed by atoms with Gasteiger partial charge in [-0.1, -0.05) is 6.92 Å². The number of hydrogen-bond acceptors (Lipinski definition) is 4. The highest BCUT2D eigenvalue weighted by atomic mass is 16.6. The minimum atomic E-state index is 0.0184. The van der Waals surface area contributed by atoms with Crippen LogP contribution >= 0.6 is 0 Å². The predicted octanol–water partition coefficient (Wildman–Crippen LogP) is 2.37. The minimum absolute atomic E-state index is 0.0184. The van der Waals surface area contributed by atoms with Crippen LogP contribution in [0.5, 0.6) is 0 Å². The van der Waals surface area contributed by atoms with Crippen molar-refractivity contribution in [2.24, 2.45) is 11.8 Å². The molecule has 0 aliphatic carbocycles. The van der Waals surface area contributed by atoms with Gasteiger partial charge in [0.05, 0.1) is 18.8 Å². The molecule has 3 heterocycles. The first-order valence-corrected chi connectivity index (χ1v) is 8.86. The summed E-state index contributed by atoms with van der Waals surface area (Å²) >= 11 is 0. The van der Waals surface area contributed by atoms with Crippen LogP contribution in [0.3, 0.4) is 0 Å². The molecule has 1 spiro atoms. The van der Waals surface area contributed by atoms with Gasteiger partial charge < -0.3 is 19.5 Å². The van der Waals surface area contributed by atoms with Crippen LogP contribution in [0.25, 0.3) is 0 Å². The van der Waals surface area contributed by atoms with E-state index in [0.29, 0.717) is 17.9 Å². The lowest BCUT2D eigenvalue weighted by atomic mass is 9.75. The average molecular weight is 297 g/mol. The molecule has 0 bridgehead atoms. The van der Waals surface area contributed by atoms with Gasteiger partial charge in [0.15, 0.2) is 0 Å². The van der Waals surface area contributed by atoms with E-state index in [0.717, 1.165) is 52.4 Å². The zero-order valence-electron chi connectivity index (χ0n) is 13.4. The standard InChI is InChI=1S/C17H31NO3/c1-2-7-18-16(15-4-3-8-19-12-15)14-5-9-21-17(11-14)6-10-20-13-17/h14-16,18H,2-13H2,1H3. The molecule has 4 atom stereocenters. The highest BCUT2D eigenvalue weighted by molar-refractivity contribution is 4.95. The van der Waals surface area contributed by atoms with Crippen LogP contribution in [0.15, 0.2) is 0 Å². The first-order valence-electron chi connectivity index (χ1n) is 8.86. The second kappa shape index (κ2) is 7.40. The lowest BCUT2D eigenvalue weighted by Gasteiger charge is -2.43. The Hall–Kier alpha value is -0.160. The summed E-state index contributed by atoms with van der Waals surface area (Å²) in [6.45, 7) is 7.80. The van der Waals surface area contributed by atoms with Crippen molar-refractivity contribution in [3.63, 3.8) is 0 Å². The van der Waals surface area contributed by atoms with Crippen molar-refractivity contribution < 1.29 is 14.2 Å². The van der Waals surface area contributed by atoms with Crippen LogP contribution in [-0.4, -0.2) is 51.2 Å².